The van der Waals surface area contributed by atoms with E-state index in [-0.39, 0.29) is 5.91 Å². The first-order valence-corrected chi connectivity index (χ1v) is 9.29. The lowest BCUT2D eigenvalue weighted by Gasteiger charge is -2.29. The van der Waals surface area contributed by atoms with Crippen LogP contribution in [-0.4, -0.2) is 32.7 Å². The average molecular weight is 383 g/mol. The van der Waals surface area contributed by atoms with Crippen molar-refractivity contribution in [2.24, 2.45) is 0 Å². The molecule has 1 aliphatic rings. The van der Waals surface area contributed by atoms with Gasteiger partial charge in [0.15, 0.2) is 11.5 Å². The van der Waals surface area contributed by atoms with Crippen molar-refractivity contribution in [3.63, 3.8) is 0 Å². The number of carbonyl (C=O) groups is 2. The van der Waals surface area contributed by atoms with Crippen LogP contribution in [0.5, 0.6) is 11.5 Å². The number of ether oxygens (including phenoxy) is 2. The summed E-state index contributed by atoms with van der Waals surface area (Å²) in [5.41, 5.74) is 3.11. The van der Waals surface area contributed by atoms with Gasteiger partial charge in [-0.05, 0) is 42.7 Å². The fourth-order valence-electron chi connectivity index (χ4n) is 3.37. The van der Waals surface area contributed by atoms with Crippen molar-refractivity contribution in [2.75, 3.05) is 36.3 Å². The van der Waals surface area contributed by atoms with Crippen LogP contribution in [0.3, 0.4) is 0 Å². The number of benzene rings is 2. The monoisotopic (exact) mass is 383 g/mol. The zero-order valence-electron chi connectivity index (χ0n) is 16.4. The van der Waals surface area contributed by atoms with Crippen LogP contribution in [0.25, 0.3) is 0 Å². The molecular weight excluding hydrogens is 358 g/mol. The van der Waals surface area contributed by atoms with E-state index in [2.05, 4.69) is 10.6 Å². The van der Waals surface area contributed by atoms with Gasteiger partial charge in [0.1, 0.15) is 0 Å². The van der Waals surface area contributed by atoms with E-state index in [0.717, 1.165) is 24.1 Å². The standard InChI is InChI=1S/C21H25N3O4/c1-4-19(25)24-12-6-7-14-10-11-15(13-17(14)24)22-21(26)23-16-8-5-9-18(27-2)20(16)28-3/h5,8-11,13H,4,6-7,12H2,1-3H3,(H2,22,23,26). The largest absolute Gasteiger partial charge is 0.493 e. The molecule has 0 atom stereocenters. The van der Waals surface area contributed by atoms with E-state index >= 15 is 0 Å². The summed E-state index contributed by atoms with van der Waals surface area (Å²) in [6.07, 6.45) is 2.32. The number of urea groups is 1. The lowest BCUT2D eigenvalue weighted by Crippen LogP contribution is -2.35. The molecule has 0 bridgehead atoms. The normalized spacial score (nSPS) is 12.8. The summed E-state index contributed by atoms with van der Waals surface area (Å²) in [4.78, 5) is 26.5. The van der Waals surface area contributed by atoms with Gasteiger partial charge >= 0.3 is 6.03 Å². The smallest absolute Gasteiger partial charge is 0.323 e. The molecule has 1 heterocycles. The van der Waals surface area contributed by atoms with Crippen LogP contribution in [0.2, 0.25) is 0 Å². The number of carbonyl (C=O) groups excluding carboxylic acids is 2. The van der Waals surface area contributed by atoms with Crippen LogP contribution in [0.1, 0.15) is 25.3 Å². The Morgan fingerprint density at radius 1 is 1.11 bits per heavy atom. The lowest BCUT2D eigenvalue weighted by molar-refractivity contribution is -0.118. The molecule has 28 heavy (non-hydrogen) atoms. The topological polar surface area (TPSA) is 79.9 Å². The maximum absolute atomic E-state index is 12.5. The van der Waals surface area contributed by atoms with E-state index < -0.39 is 6.03 Å². The average Bonchev–Trinajstić information content (AvgIpc) is 2.72. The molecule has 0 fully saturated rings. The molecule has 0 saturated carbocycles. The van der Waals surface area contributed by atoms with E-state index in [0.29, 0.717) is 35.8 Å². The second-order valence-electron chi connectivity index (χ2n) is 6.47. The van der Waals surface area contributed by atoms with Crippen molar-refractivity contribution in [1.82, 2.24) is 0 Å². The van der Waals surface area contributed by atoms with Crippen molar-refractivity contribution in [1.29, 1.82) is 0 Å². The maximum Gasteiger partial charge on any atom is 0.323 e. The summed E-state index contributed by atoms with van der Waals surface area (Å²) in [5.74, 6) is 1.07. The van der Waals surface area contributed by atoms with Gasteiger partial charge in [-0.2, -0.15) is 0 Å². The second kappa shape index (κ2) is 8.65. The number of aryl methyl sites for hydroxylation is 1. The molecule has 1 aliphatic heterocycles. The summed E-state index contributed by atoms with van der Waals surface area (Å²) in [5, 5.41) is 5.60. The predicted octanol–water partition coefficient (Wildman–Crippen LogP) is 4.04. The number of nitrogens with one attached hydrogen (secondary N) is 2. The fraction of sp³-hybridized carbons (Fsp3) is 0.333. The van der Waals surface area contributed by atoms with Crippen LogP contribution in [0.4, 0.5) is 21.9 Å². The van der Waals surface area contributed by atoms with Crippen molar-refractivity contribution < 1.29 is 19.1 Å². The van der Waals surface area contributed by atoms with Crippen LogP contribution >= 0.6 is 0 Å². The quantitative estimate of drug-likeness (QED) is 0.817. The summed E-state index contributed by atoms with van der Waals surface area (Å²) >= 11 is 0. The molecule has 0 saturated heterocycles. The molecule has 0 spiro atoms. The third kappa shape index (κ3) is 4.03. The number of fused-ring (bicyclic) bond motifs is 1. The molecule has 148 valence electrons. The van der Waals surface area contributed by atoms with Crippen LogP contribution in [-0.2, 0) is 11.2 Å². The number of nitrogens with zero attached hydrogens (tertiary/aromatic N) is 1. The first-order chi connectivity index (χ1) is 13.6. The molecule has 0 aromatic heterocycles. The minimum Gasteiger partial charge on any atom is -0.493 e. The van der Waals surface area contributed by atoms with E-state index in [4.69, 9.17) is 9.47 Å². The Morgan fingerprint density at radius 3 is 2.64 bits per heavy atom. The van der Waals surface area contributed by atoms with Gasteiger partial charge in [-0.15, -0.1) is 0 Å². The van der Waals surface area contributed by atoms with E-state index in [9.17, 15) is 9.59 Å². The molecule has 3 rings (SSSR count). The van der Waals surface area contributed by atoms with Crippen molar-refractivity contribution in [3.05, 3.63) is 42.0 Å². The number of hydrogen-bond donors (Lipinski definition) is 2. The Bertz CT molecular complexity index is 882. The second-order valence-corrected chi connectivity index (χ2v) is 6.47. The Morgan fingerprint density at radius 2 is 1.93 bits per heavy atom. The fourth-order valence-corrected chi connectivity index (χ4v) is 3.37. The van der Waals surface area contributed by atoms with Gasteiger partial charge in [-0.1, -0.05) is 19.1 Å². The molecule has 0 unspecified atom stereocenters. The summed E-state index contributed by atoms with van der Waals surface area (Å²) < 4.78 is 10.6. The van der Waals surface area contributed by atoms with Gasteiger partial charge in [-0.3, -0.25) is 4.79 Å². The first kappa shape index (κ1) is 19.5. The molecule has 7 nitrogen and oxygen atoms in total. The third-order valence-electron chi connectivity index (χ3n) is 4.72. The number of rotatable bonds is 5. The predicted molar refractivity (Wildman–Crippen MR) is 110 cm³/mol. The van der Waals surface area contributed by atoms with Crippen LogP contribution in [0.15, 0.2) is 36.4 Å². The van der Waals surface area contributed by atoms with Crippen molar-refractivity contribution in [3.8, 4) is 11.5 Å². The highest BCUT2D eigenvalue weighted by atomic mass is 16.5. The number of para-hydroxylation sites is 1. The molecule has 2 aromatic rings. The van der Waals surface area contributed by atoms with Gasteiger partial charge < -0.3 is 25.0 Å². The van der Waals surface area contributed by atoms with Gasteiger partial charge in [0.25, 0.3) is 0 Å². The zero-order valence-corrected chi connectivity index (χ0v) is 16.4. The Kier molecular flexibility index (Phi) is 6.03. The molecule has 3 amide bonds. The molecular formula is C21H25N3O4. The van der Waals surface area contributed by atoms with E-state index in [1.54, 1.807) is 23.1 Å². The molecule has 2 aromatic carbocycles. The first-order valence-electron chi connectivity index (χ1n) is 9.29. The Balaban J connectivity index is 1.78. The number of anilines is 3. The van der Waals surface area contributed by atoms with Crippen molar-refractivity contribution >= 4 is 29.0 Å². The maximum atomic E-state index is 12.5. The van der Waals surface area contributed by atoms with Gasteiger partial charge in [0.05, 0.1) is 19.9 Å². The molecule has 7 heteroatoms. The van der Waals surface area contributed by atoms with Gasteiger partial charge in [0, 0.05) is 24.3 Å². The Labute approximate surface area is 164 Å². The highest BCUT2D eigenvalue weighted by Crippen LogP contribution is 2.35. The molecule has 0 radical (unpaired) electrons. The van der Waals surface area contributed by atoms with Gasteiger partial charge in [0.2, 0.25) is 5.91 Å². The van der Waals surface area contributed by atoms with E-state index in [1.165, 1.54) is 14.2 Å². The summed E-state index contributed by atoms with van der Waals surface area (Å²) in [6.45, 7) is 2.56. The zero-order chi connectivity index (χ0) is 20.1. The number of amides is 3. The SMILES string of the molecule is CCC(=O)N1CCCc2ccc(NC(=O)Nc3cccc(OC)c3OC)cc21. The van der Waals surface area contributed by atoms with E-state index in [1.807, 2.05) is 25.1 Å². The highest BCUT2D eigenvalue weighted by Gasteiger charge is 2.22. The summed E-state index contributed by atoms with van der Waals surface area (Å²) in [6, 6.07) is 10.5. The van der Waals surface area contributed by atoms with Crippen LogP contribution in [0, 0.1) is 0 Å². The summed E-state index contributed by atoms with van der Waals surface area (Å²) in [7, 11) is 3.06. The molecule has 2 N–H and O–H groups in total. The lowest BCUT2D eigenvalue weighted by atomic mass is 10.0. The number of hydrogen-bond acceptors (Lipinski definition) is 4. The molecule has 0 aliphatic carbocycles. The minimum absolute atomic E-state index is 0.0867. The third-order valence-corrected chi connectivity index (χ3v) is 4.72. The number of methoxy groups -OCH3 is 2. The van der Waals surface area contributed by atoms with Crippen molar-refractivity contribution in [2.45, 2.75) is 26.2 Å². The highest BCUT2D eigenvalue weighted by molar-refractivity contribution is 6.02. The minimum atomic E-state index is -0.407. The Hall–Kier alpha value is -3.22. The van der Waals surface area contributed by atoms with Gasteiger partial charge in [-0.25, -0.2) is 4.79 Å². The van der Waals surface area contributed by atoms with Crippen LogP contribution < -0.4 is 25.0 Å².